The standard InChI is InChI=1S/C27H37N3O4/c1-4-7-15-33-25-18-21(27(32)34-16-14-30(5-2)6-3)12-13-23(25)29-26(31)24-17-20-10-8-9-11-22(20)19-28-24/h8-13,18,24,28H,4-7,14-17,19H2,1-3H3,(H,29,31)/t24-/m0/s1. The van der Waals surface area contributed by atoms with Crippen molar-refractivity contribution < 1.29 is 19.1 Å². The molecule has 34 heavy (non-hydrogen) atoms. The van der Waals surface area contributed by atoms with Crippen LogP contribution in [0.5, 0.6) is 5.75 Å². The quantitative estimate of drug-likeness (QED) is 0.363. The lowest BCUT2D eigenvalue weighted by atomic mass is 9.95. The van der Waals surface area contributed by atoms with Crippen molar-refractivity contribution in [3.63, 3.8) is 0 Å². The summed E-state index contributed by atoms with van der Waals surface area (Å²) in [4.78, 5) is 27.8. The maximum atomic E-state index is 13.0. The van der Waals surface area contributed by atoms with E-state index >= 15 is 0 Å². The van der Waals surface area contributed by atoms with Crippen LogP contribution in [0, 0.1) is 0 Å². The number of rotatable bonds is 12. The molecule has 1 heterocycles. The molecule has 0 spiro atoms. The van der Waals surface area contributed by atoms with Crippen molar-refractivity contribution in [1.29, 1.82) is 0 Å². The number of fused-ring (bicyclic) bond motifs is 1. The molecule has 1 aliphatic rings. The van der Waals surface area contributed by atoms with Crippen LogP contribution >= 0.6 is 0 Å². The molecule has 0 aromatic heterocycles. The first-order chi connectivity index (χ1) is 16.5. The van der Waals surface area contributed by atoms with Gasteiger partial charge in [-0.3, -0.25) is 4.79 Å². The van der Waals surface area contributed by atoms with Crippen molar-refractivity contribution in [3.05, 3.63) is 59.2 Å². The molecule has 0 fully saturated rings. The molecule has 1 atom stereocenters. The Kier molecular flexibility index (Phi) is 9.91. The Labute approximate surface area is 202 Å². The summed E-state index contributed by atoms with van der Waals surface area (Å²) >= 11 is 0. The fourth-order valence-electron chi connectivity index (χ4n) is 3.95. The number of anilines is 1. The van der Waals surface area contributed by atoms with Crippen LogP contribution in [0.3, 0.4) is 0 Å². The fraction of sp³-hybridized carbons (Fsp3) is 0.481. The van der Waals surface area contributed by atoms with E-state index in [2.05, 4.69) is 48.4 Å². The van der Waals surface area contributed by atoms with Crippen LogP contribution < -0.4 is 15.4 Å². The Morgan fingerprint density at radius 3 is 2.56 bits per heavy atom. The van der Waals surface area contributed by atoms with Gasteiger partial charge in [0.15, 0.2) is 0 Å². The smallest absolute Gasteiger partial charge is 0.338 e. The van der Waals surface area contributed by atoms with Gasteiger partial charge in [0.2, 0.25) is 5.91 Å². The molecule has 0 radical (unpaired) electrons. The van der Waals surface area contributed by atoms with Crippen molar-refractivity contribution in [2.24, 2.45) is 0 Å². The zero-order valence-corrected chi connectivity index (χ0v) is 20.6. The minimum absolute atomic E-state index is 0.121. The highest BCUT2D eigenvalue weighted by atomic mass is 16.5. The molecular formula is C27H37N3O4. The summed E-state index contributed by atoms with van der Waals surface area (Å²) in [6.07, 6.45) is 2.50. The third-order valence-electron chi connectivity index (χ3n) is 6.16. The fourth-order valence-corrected chi connectivity index (χ4v) is 3.95. The van der Waals surface area contributed by atoms with E-state index < -0.39 is 5.97 Å². The number of hydrogen-bond donors (Lipinski definition) is 2. The number of likely N-dealkylation sites (N-methyl/N-ethyl adjacent to an activating group) is 1. The molecule has 0 saturated carbocycles. The first-order valence-electron chi connectivity index (χ1n) is 12.3. The Bertz CT molecular complexity index is 959. The summed E-state index contributed by atoms with van der Waals surface area (Å²) in [6.45, 7) is 10.3. The van der Waals surface area contributed by atoms with E-state index in [1.807, 2.05) is 12.1 Å². The van der Waals surface area contributed by atoms with Crippen LogP contribution in [0.25, 0.3) is 0 Å². The number of nitrogens with zero attached hydrogens (tertiary/aromatic N) is 1. The first kappa shape index (κ1) is 25.7. The van der Waals surface area contributed by atoms with Gasteiger partial charge in [-0.2, -0.15) is 0 Å². The van der Waals surface area contributed by atoms with Gasteiger partial charge in [0, 0.05) is 13.1 Å². The number of benzene rings is 2. The topological polar surface area (TPSA) is 79.9 Å². The molecule has 1 amide bonds. The number of unbranched alkanes of at least 4 members (excludes halogenated alkanes) is 1. The number of hydrogen-bond acceptors (Lipinski definition) is 6. The molecule has 0 unspecified atom stereocenters. The number of carbonyl (C=O) groups excluding carboxylic acids is 2. The normalized spacial score (nSPS) is 15.0. The summed E-state index contributed by atoms with van der Waals surface area (Å²) in [6, 6.07) is 12.9. The number of amides is 1. The molecule has 2 aromatic rings. The number of carbonyl (C=O) groups is 2. The van der Waals surface area contributed by atoms with E-state index in [0.717, 1.165) is 25.9 Å². The zero-order valence-electron chi connectivity index (χ0n) is 20.6. The van der Waals surface area contributed by atoms with Gasteiger partial charge in [-0.05, 0) is 55.3 Å². The summed E-state index contributed by atoms with van der Waals surface area (Å²) in [5, 5.41) is 6.30. The van der Waals surface area contributed by atoms with E-state index in [-0.39, 0.29) is 11.9 Å². The van der Waals surface area contributed by atoms with Crippen LogP contribution in [-0.4, -0.2) is 55.7 Å². The predicted octanol–water partition coefficient (Wildman–Crippen LogP) is 4.02. The van der Waals surface area contributed by atoms with E-state index in [9.17, 15) is 9.59 Å². The van der Waals surface area contributed by atoms with Crippen molar-refractivity contribution >= 4 is 17.6 Å². The molecule has 3 rings (SSSR count). The summed E-state index contributed by atoms with van der Waals surface area (Å²) in [5.74, 6) is -0.0310. The second-order valence-electron chi connectivity index (χ2n) is 8.47. The number of esters is 1. The predicted molar refractivity (Wildman–Crippen MR) is 134 cm³/mol. The minimum Gasteiger partial charge on any atom is -0.491 e. The Balaban J connectivity index is 1.67. The number of nitrogens with one attached hydrogen (secondary N) is 2. The summed E-state index contributed by atoms with van der Waals surface area (Å²) in [5.41, 5.74) is 3.37. The van der Waals surface area contributed by atoms with Gasteiger partial charge in [0.05, 0.1) is 23.9 Å². The SMILES string of the molecule is CCCCOc1cc(C(=O)OCCN(CC)CC)ccc1NC(=O)[C@@H]1Cc2ccccc2CN1. The maximum Gasteiger partial charge on any atom is 0.338 e. The molecule has 7 nitrogen and oxygen atoms in total. The lowest BCUT2D eigenvalue weighted by Gasteiger charge is -2.25. The summed E-state index contributed by atoms with van der Waals surface area (Å²) in [7, 11) is 0. The van der Waals surface area contributed by atoms with E-state index in [4.69, 9.17) is 9.47 Å². The van der Waals surface area contributed by atoms with Crippen LogP contribution in [0.1, 0.15) is 55.1 Å². The van der Waals surface area contributed by atoms with Gasteiger partial charge in [-0.1, -0.05) is 51.5 Å². The molecule has 1 aliphatic heterocycles. The van der Waals surface area contributed by atoms with Crippen molar-refractivity contribution in [2.75, 3.05) is 38.2 Å². The van der Waals surface area contributed by atoms with Crippen molar-refractivity contribution in [3.8, 4) is 5.75 Å². The molecule has 0 bridgehead atoms. The van der Waals surface area contributed by atoms with Gasteiger partial charge in [0.25, 0.3) is 0 Å². The monoisotopic (exact) mass is 467 g/mol. The average molecular weight is 468 g/mol. The van der Waals surface area contributed by atoms with Gasteiger partial charge in [0.1, 0.15) is 12.4 Å². The minimum atomic E-state index is -0.393. The Hall–Kier alpha value is -2.90. The zero-order chi connectivity index (χ0) is 24.3. The maximum absolute atomic E-state index is 13.0. The highest BCUT2D eigenvalue weighted by molar-refractivity contribution is 5.98. The van der Waals surface area contributed by atoms with E-state index in [1.165, 1.54) is 11.1 Å². The molecule has 2 aromatic carbocycles. The van der Waals surface area contributed by atoms with Gasteiger partial charge >= 0.3 is 5.97 Å². The second kappa shape index (κ2) is 13.1. The number of ether oxygens (including phenoxy) is 2. The summed E-state index contributed by atoms with van der Waals surface area (Å²) < 4.78 is 11.4. The molecule has 0 saturated heterocycles. The third-order valence-corrected chi connectivity index (χ3v) is 6.16. The highest BCUT2D eigenvalue weighted by Gasteiger charge is 2.25. The average Bonchev–Trinajstić information content (AvgIpc) is 2.87. The third kappa shape index (κ3) is 7.05. The van der Waals surface area contributed by atoms with Gasteiger partial charge in [-0.15, -0.1) is 0 Å². The first-order valence-corrected chi connectivity index (χ1v) is 12.3. The van der Waals surface area contributed by atoms with Crippen molar-refractivity contribution in [2.45, 2.75) is 52.6 Å². The van der Waals surface area contributed by atoms with Crippen LogP contribution in [0.4, 0.5) is 5.69 Å². The van der Waals surface area contributed by atoms with Gasteiger partial charge in [-0.25, -0.2) is 4.79 Å². The highest BCUT2D eigenvalue weighted by Crippen LogP contribution is 2.28. The Morgan fingerprint density at radius 2 is 1.82 bits per heavy atom. The van der Waals surface area contributed by atoms with E-state index in [1.54, 1.807) is 18.2 Å². The van der Waals surface area contributed by atoms with Crippen LogP contribution in [0.2, 0.25) is 0 Å². The lowest BCUT2D eigenvalue weighted by molar-refractivity contribution is -0.118. The molecular weight excluding hydrogens is 430 g/mol. The van der Waals surface area contributed by atoms with Crippen molar-refractivity contribution in [1.82, 2.24) is 10.2 Å². The van der Waals surface area contributed by atoms with Crippen LogP contribution in [0.15, 0.2) is 42.5 Å². The van der Waals surface area contributed by atoms with Gasteiger partial charge < -0.3 is 25.0 Å². The Morgan fingerprint density at radius 1 is 1.06 bits per heavy atom. The lowest BCUT2D eigenvalue weighted by Crippen LogP contribution is -2.44. The van der Waals surface area contributed by atoms with E-state index in [0.29, 0.717) is 49.7 Å². The molecule has 2 N–H and O–H groups in total. The largest absolute Gasteiger partial charge is 0.491 e. The second-order valence-corrected chi connectivity index (χ2v) is 8.47. The van der Waals surface area contributed by atoms with Crippen LogP contribution in [-0.2, 0) is 22.5 Å². The molecule has 184 valence electrons. The molecule has 7 heteroatoms. The molecule has 0 aliphatic carbocycles.